The van der Waals surface area contributed by atoms with Crippen LogP contribution in [0.15, 0.2) is 29.4 Å². The van der Waals surface area contributed by atoms with Gasteiger partial charge in [0.2, 0.25) is 11.9 Å². The Balaban J connectivity index is 1.41. The molecule has 1 aromatic heterocycles. The Bertz CT molecular complexity index is 845. The Hall–Kier alpha value is -2.09. The van der Waals surface area contributed by atoms with E-state index in [0.717, 1.165) is 42.6 Å². The van der Waals surface area contributed by atoms with Crippen molar-refractivity contribution in [2.75, 3.05) is 30.8 Å². The Morgan fingerprint density at radius 2 is 1.90 bits per heavy atom. The molecule has 4 rings (SSSR count). The fraction of sp³-hybridized carbons (Fsp3) is 0.571. The zero-order chi connectivity index (χ0) is 20.4. The van der Waals surface area contributed by atoms with Gasteiger partial charge < -0.3 is 9.80 Å². The van der Waals surface area contributed by atoms with Gasteiger partial charge in [0.25, 0.3) is 0 Å². The van der Waals surface area contributed by atoms with E-state index in [1.54, 1.807) is 24.1 Å². The number of hydrogen-bond acceptors (Lipinski definition) is 5. The number of nitrogens with zero attached hydrogens (tertiary/aromatic N) is 5. The first-order valence-corrected chi connectivity index (χ1v) is 11.4. The second-order valence-corrected chi connectivity index (χ2v) is 8.89. The third-order valence-corrected chi connectivity index (χ3v) is 6.78. The molecule has 0 bridgehead atoms. The first kappa shape index (κ1) is 20.2. The molecule has 29 heavy (non-hydrogen) atoms. The summed E-state index contributed by atoms with van der Waals surface area (Å²) in [7, 11) is 1.79. The van der Waals surface area contributed by atoms with E-state index in [2.05, 4.69) is 19.7 Å². The molecular weight excluding hydrogens is 389 g/mol. The van der Waals surface area contributed by atoms with E-state index in [1.807, 2.05) is 6.92 Å². The number of piperidine rings is 1. The van der Waals surface area contributed by atoms with Crippen molar-refractivity contribution in [3.63, 3.8) is 0 Å². The van der Waals surface area contributed by atoms with E-state index >= 15 is 0 Å². The maximum atomic E-state index is 13.2. The summed E-state index contributed by atoms with van der Waals surface area (Å²) in [5.74, 6) is 1.04. The number of carbonyl (C=O) groups is 1. The van der Waals surface area contributed by atoms with E-state index in [4.69, 9.17) is 0 Å². The lowest BCUT2D eigenvalue weighted by molar-refractivity contribution is -0.128. The molecule has 1 aliphatic heterocycles. The summed E-state index contributed by atoms with van der Waals surface area (Å²) >= 11 is 1.46. The van der Waals surface area contributed by atoms with Gasteiger partial charge in [-0.3, -0.25) is 9.36 Å². The number of thioether (sulfide) groups is 1. The number of rotatable bonds is 7. The SMILES string of the molecule is CC(c1ccc(F)cc1)N(C)C(=O)CSc1nnc(N2CCCCC2)n1C1CC1. The zero-order valence-corrected chi connectivity index (χ0v) is 17.9. The van der Waals surface area contributed by atoms with Gasteiger partial charge in [0.05, 0.1) is 11.8 Å². The highest BCUT2D eigenvalue weighted by Gasteiger charge is 2.32. The molecule has 156 valence electrons. The standard InChI is InChI=1S/C21H28FN5OS/c1-15(16-6-8-17(22)9-7-16)25(2)19(28)14-29-21-24-23-20(27(21)18-10-11-18)26-12-4-3-5-13-26/h6-9,15,18H,3-5,10-14H2,1-2H3. The van der Waals surface area contributed by atoms with E-state index in [-0.39, 0.29) is 17.8 Å². The molecule has 2 aromatic rings. The first-order chi connectivity index (χ1) is 14.0. The summed E-state index contributed by atoms with van der Waals surface area (Å²) in [5.41, 5.74) is 0.917. The molecule has 0 spiro atoms. The second-order valence-electron chi connectivity index (χ2n) is 7.95. The van der Waals surface area contributed by atoms with Crippen LogP contribution in [0.4, 0.5) is 10.3 Å². The van der Waals surface area contributed by atoms with Gasteiger partial charge in [-0.15, -0.1) is 10.2 Å². The number of carbonyl (C=O) groups excluding carboxylic acids is 1. The highest BCUT2D eigenvalue weighted by Crippen LogP contribution is 2.41. The van der Waals surface area contributed by atoms with Gasteiger partial charge in [-0.25, -0.2) is 4.39 Å². The van der Waals surface area contributed by atoms with Gasteiger partial charge in [-0.2, -0.15) is 0 Å². The number of benzene rings is 1. The van der Waals surface area contributed by atoms with Gasteiger partial charge in [-0.05, 0) is 56.7 Å². The van der Waals surface area contributed by atoms with Gasteiger partial charge in [0.15, 0.2) is 5.16 Å². The minimum Gasteiger partial charge on any atom is -0.341 e. The van der Waals surface area contributed by atoms with Gasteiger partial charge >= 0.3 is 0 Å². The first-order valence-electron chi connectivity index (χ1n) is 10.4. The third-order valence-electron chi connectivity index (χ3n) is 5.85. The minimum atomic E-state index is -0.269. The number of aromatic nitrogens is 3. The van der Waals surface area contributed by atoms with E-state index < -0.39 is 0 Å². The van der Waals surface area contributed by atoms with Crippen LogP contribution in [0.5, 0.6) is 0 Å². The Kier molecular flexibility index (Phi) is 6.08. The van der Waals surface area contributed by atoms with Crippen molar-refractivity contribution >= 4 is 23.6 Å². The van der Waals surface area contributed by atoms with Crippen molar-refractivity contribution in [3.05, 3.63) is 35.6 Å². The molecule has 2 aliphatic rings. The topological polar surface area (TPSA) is 54.3 Å². The summed E-state index contributed by atoms with van der Waals surface area (Å²) in [4.78, 5) is 16.8. The van der Waals surface area contributed by atoms with Crippen LogP contribution in [-0.2, 0) is 4.79 Å². The van der Waals surface area contributed by atoms with Crippen LogP contribution in [0, 0.1) is 5.82 Å². The number of hydrogen-bond donors (Lipinski definition) is 0. The molecule has 1 amide bonds. The molecule has 1 saturated carbocycles. The maximum absolute atomic E-state index is 13.2. The normalized spacial score (nSPS) is 18.0. The lowest BCUT2D eigenvalue weighted by Crippen LogP contribution is -2.32. The van der Waals surface area contributed by atoms with Crippen LogP contribution in [0.3, 0.4) is 0 Å². The van der Waals surface area contributed by atoms with E-state index in [9.17, 15) is 9.18 Å². The van der Waals surface area contributed by atoms with E-state index in [0.29, 0.717) is 11.8 Å². The fourth-order valence-electron chi connectivity index (χ4n) is 3.74. The van der Waals surface area contributed by atoms with Crippen LogP contribution in [0.2, 0.25) is 0 Å². The van der Waals surface area contributed by atoms with Crippen molar-refractivity contribution in [2.24, 2.45) is 0 Å². The zero-order valence-electron chi connectivity index (χ0n) is 17.1. The summed E-state index contributed by atoms with van der Waals surface area (Å²) < 4.78 is 15.4. The predicted octanol–water partition coefficient (Wildman–Crippen LogP) is 4.05. The number of amides is 1. The van der Waals surface area contributed by atoms with Crippen molar-refractivity contribution < 1.29 is 9.18 Å². The Morgan fingerprint density at radius 1 is 1.21 bits per heavy atom. The third kappa shape index (κ3) is 4.57. The van der Waals surface area contributed by atoms with Gasteiger partial charge in [0.1, 0.15) is 5.82 Å². The molecule has 0 radical (unpaired) electrons. The highest BCUT2D eigenvalue weighted by atomic mass is 32.2. The molecule has 1 aromatic carbocycles. The molecule has 1 saturated heterocycles. The molecule has 1 atom stereocenters. The molecule has 0 N–H and O–H groups in total. The van der Waals surface area contributed by atoms with E-state index in [1.165, 1.54) is 43.2 Å². The smallest absolute Gasteiger partial charge is 0.233 e. The summed E-state index contributed by atoms with van der Waals surface area (Å²) in [6.07, 6.45) is 5.99. The Morgan fingerprint density at radius 3 is 2.55 bits per heavy atom. The highest BCUT2D eigenvalue weighted by molar-refractivity contribution is 7.99. The molecule has 1 unspecified atom stereocenters. The van der Waals surface area contributed by atoms with Crippen molar-refractivity contribution in [1.29, 1.82) is 0 Å². The van der Waals surface area contributed by atoms with Crippen molar-refractivity contribution in [3.8, 4) is 0 Å². The van der Waals surface area contributed by atoms with Crippen LogP contribution in [0.25, 0.3) is 0 Å². The van der Waals surface area contributed by atoms with Crippen LogP contribution in [-0.4, -0.2) is 51.5 Å². The summed E-state index contributed by atoms with van der Waals surface area (Å²) in [5, 5.41) is 9.73. The number of halogens is 1. The molecule has 8 heteroatoms. The predicted molar refractivity (Wildman–Crippen MR) is 113 cm³/mol. The molecule has 2 heterocycles. The van der Waals surface area contributed by atoms with Crippen molar-refractivity contribution in [2.45, 2.75) is 56.3 Å². The summed E-state index contributed by atoms with van der Waals surface area (Å²) in [6, 6.07) is 6.67. The quantitative estimate of drug-likeness (QED) is 0.636. The molecule has 2 fully saturated rings. The lowest BCUT2D eigenvalue weighted by atomic mass is 10.1. The monoisotopic (exact) mass is 417 g/mol. The van der Waals surface area contributed by atoms with Crippen LogP contribution in [0.1, 0.15) is 56.7 Å². The molecule has 1 aliphatic carbocycles. The minimum absolute atomic E-state index is 0.0247. The van der Waals surface area contributed by atoms with Crippen LogP contribution < -0.4 is 4.90 Å². The van der Waals surface area contributed by atoms with Crippen LogP contribution >= 0.6 is 11.8 Å². The molecular formula is C21H28FN5OS. The lowest BCUT2D eigenvalue weighted by Gasteiger charge is -2.28. The Labute approximate surface area is 175 Å². The van der Waals surface area contributed by atoms with Gasteiger partial charge in [0, 0.05) is 26.2 Å². The number of anilines is 1. The van der Waals surface area contributed by atoms with Crippen molar-refractivity contribution in [1.82, 2.24) is 19.7 Å². The van der Waals surface area contributed by atoms with Gasteiger partial charge in [-0.1, -0.05) is 23.9 Å². The summed E-state index contributed by atoms with van der Waals surface area (Å²) in [6.45, 7) is 4.02. The average Bonchev–Trinajstić information content (AvgIpc) is 3.51. The maximum Gasteiger partial charge on any atom is 0.233 e. The average molecular weight is 418 g/mol. The molecule has 6 nitrogen and oxygen atoms in total. The second kappa shape index (κ2) is 8.73. The fourth-order valence-corrected chi connectivity index (χ4v) is 4.66. The largest absolute Gasteiger partial charge is 0.341 e.